The summed E-state index contributed by atoms with van der Waals surface area (Å²) in [6.45, 7) is 5.22. The maximum absolute atomic E-state index is 12.8. The number of phenolic OH excluding ortho intramolecular Hbond substituents is 1. The second kappa shape index (κ2) is 13.6. The summed E-state index contributed by atoms with van der Waals surface area (Å²) in [6.07, 6.45) is -0.752. The highest BCUT2D eigenvalue weighted by atomic mass is 79.9. The number of nitrogens with zero attached hydrogens (tertiary/aromatic N) is 1. The number of aliphatic imine (C=N–C) groups is 1. The summed E-state index contributed by atoms with van der Waals surface area (Å²) >= 11 is 3.41. The highest BCUT2D eigenvalue weighted by Gasteiger charge is 2.24. The number of benzene rings is 2. The van der Waals surface area contributed by atoms with E-state index in [9.17, 15) is 29.7 Å². The molecule has 3 rings (SSSR count). The number of rotatable bonds is 10. The number of esters is 1. The number of aliphatic hydroxyl groups excluding tert-OH is 1. The van der Waals surface area contributed by atoms with Gasteiger partial charge < -0.3 is 41.3 Å². The number of anilines is 1. The fourth-order valence-corrected chi connectivity index (χ4v) is 4.39. The van der Waals surface area contributed by atoms with Crippen LogP contribution in [0.1, 0.15) is 54.7 Å². The predicted octanol–water partition coefficient (Wildman–Crippen LogP) is 1.65. The van der Waals surface area contributed by atoms with Crippen LogP contribution >= 0.6 is 15.9 Å². The average Bonchev–Trinajstić information content (AvgIpc) is 2.87. The van der Waals surface area contributed by atoms with Crippen LogP contribution in [-0.4, -0.2) is 71.4 Å². The number of phenols is 1. The topological polar surface area (TPSA) is 182 Å². The van der Waals surface area contributed by atoms with Gasteiger partial charge in [0.2, 0.25) is 5.91 Å². The minimum Gasteiger partial charge on any atom is -0.508 e. The summed E-state index contributed by atoms with van der Waals surface area (Å²) in [7, 11) is 0. The molecule has 1 aliphatic rings. The zero-order valence-corrected chi connectivity index (χ0v) is 24.0. The summed E-state index contributed by atoms with van der Waals surface area (Å²) in [5, 5.41) is 41.2. The van der Waals surface area contributed by atoms with E-state index >= 15 is 0 Å². The van der Waals surface area contributed by atoms with Crippen molar-refractivity contribution in [1.29, 1.82) is 0 Å². The standard InChI is InChI=1S/C27H34BrN5O7/c1-4-40-24(37)11-22(15-5-17(27(2,3)39)9-18(28)6-15)33-23(36)14-29-25(38)16-7-19(10-20(34)8-16)32-26-30-12-21(35)13-31-26/h5-10,21-22,34-35,39H,4,11-14H2,1-3H3,(H,29,38)(H,33,36)(H2,30,31,32)/t22-/m0/s1. The summed E-state index contributed by atoms with van der Waals surface area (Å²) in [4.78, 5) is 42.1. The molecule has 40 heavy (non-hydrogen) atoms. The third-order valence-electron chi connectivity index (χ3n) is 5.86. The predicted molar refractivity (Wildman–Crippen MR) is 152 cm³/mol. The molecular formula is C27H34BrN5O7. The highest BCUT2D eigenvalue weighted by molar-refractivity contribution is 9.10. The van der Waals surface area contributed by atoms with E-state index in [4.69, 9.17) is 4.74 Å². The number of aromatic hydroxyl groups is 1. The molecule has 1 aliphatic heterocycles. The number of amides is 2. The first-order valence-electron chi connectivity index (χ1n) is 12.7. The summed E-state index contributed by atoms with van der Waals surface area (Å²) < 4.78 is 5.72. The average molecular weight is 621 g/mol. The lowest BCUT2D eigenvalue weighted by atomic mass is 9.93. The van der Waals surface area contributed by atoms with E-state index in [0.29, 0.717) is 33.8 Å². The van der Waals surface area contributed by atoms with Crippen molar-refractivity contribution >= 4 is 45.4 Å². The fraction of sp³-hybridized carbons (Fsp3) is 0.407. The Morgan fingerprint density at radius 2 is 1.95 bits per heavy atom. The van der Waals surface area contributed by atoms with Gasteiger partial charge in [0.1, 0.15) is 5.75 Å². The molecule has 12 nitrogen and oxygen atoms in total. The normalized spacial score (nSPS) is 15.8. The molecule has 0 spiro atoms. The monoisotopic (exact) mass is 619 g/mol. The van der Waals surface area contributed by atoms with Crippen molar-refractivity contribution < 1.29 is 34.4 Å². The third-order valence-corrected chi connectivity index (χ3v) is 6.32. The van der Waals surface area contributed by atoms with Crippen molar-refractivity contribution in [2.45, 2.75) is 44.9 Å². The van der Waals surface area contributed by atoms with Crippen LogP contribution in [0.25, 0.3) is 0 Å². The SMILES string of the molecule is CCOC(=O)C[C@H](NC(=O)CNC(=O)c1cc(O)cc(NC2=NCC(O)CN2)c1)c1cc(Br)cc(C(C)(C)O)c1. The van der Waals surface area contributed by atoms with Crippen LogP contribution in [0.15, 0.2) is 45.9 Å². The Labute approximate surface area is 240 Å². The molecule has 216 valence electrons. The van der Waals surface area contributed by atoms with Gasteiger partial charge in [-0.05, 0) is 56.2 Å². The fourth-order valence-electron chi connectivity index (χ4n) is 3.88. The maximum Gasteiger partial charge on any atom is 0.308 e. The first kappa shape index (κ1) is 30.9. The van der Waals surface area contributed by atoms with E-state index in [0.717, 1.165) is 0 Å². The van der Waals surface area contributed by atoms with Crippen LogP contribution in [0.2, 0.25) is 0 Å². The molecule has 0 aliphatic carbocycles. The number of β-amino-alcohol motifs (C(OH)–C–C–N with tert-alkyl or cyclic N) is 1. The Hall–Kier alpha value is -3.68. The van der Waals surface area contributed by atoms with Crippen molar-refractivity contribution in [3.63, 3.8) is 0 Å². The number of aliphatic hydroxyl groups is 2. The van der Waals surface area contributed by atoms with Gasteiger partial charge in [0.15, 0.2) is 5.96 Å². The molecule has 1 unspecified atom stereocenters. The van der Waals surface area contributed by atoms with Gasteiger partial charge in [-0.25, -0.2) is 0 Å². The van der Waals surface area contributed by atoms with Gasteiger partial charge in [0, 0.05) is 28.3 Å². The number of nitrogens with one attached hydrogen (secondary N) is 4. The Bertz CT molecular complexity index is 1280. The Morgan fingerprint density at radius 3 is 2.60 bits per heavy atom. The second-order valence-electron chi connectivity index (χ2n) is 9.76. The van der Waals surface area contributed by atoms with Crippen LogP contribution < -0.4 is 21.3 Å². The molecule has 0 saturated carbocycles. The quantitative estimate of drug-likeness (QED) is 0.194. The van der Waals surface area contributed by atoms with Crippen molar-refractivity contribution in [2.24, 2.45) is 4.99 Å². The number of halogens is 1. The summed E-state index contributed by atoms with van der Waals surface area (Å²) in [6, 6.07) is 8.50. The van der Waals surface area contributed by atoms with Gasteiger partial charge in [-0.3, -0.25) is 19.4 Å². The molecular weight excluding hydrogens is 586 g/mol. The Kier molecular flexibility index (Phi) is 10.5. The van der Waals surface area contributed by atoms with Gasteiger partial charge in [0.05, 0.1) is 43.9 Å². The molecule has 0 radical (unpaired) electrons. The molecule has 2 amide bonds. The van der Waals surface area contributed by atoms with E-state index in [-0.39, 0.29) is 30.9 Å². The van der Waals surface area contributed by atoms with Crippen LogP contribution in [-0.2, 0) is 19.9 Å². The zero-order valence-electron chi connectivity index (χ0n) is 22.5. The van der Waals surface area contributed by atoms with E-state index in [2.05, 4.69) is 42.2 Å². The van der Waals surface area contributed by atoms with Crippen molar-refractivity contribution in [1.82, 2.24) is 16.0 Å². The van der Waals surface area contributed by atoms with E-state index in [1.165, 1.54) is 18.2 Å². The second-order valence-corrected chi connectivity index (χ2v) is 10.7. The van der Waals surface area contributed by atoms with Crippen LogP contribution in [0.4, 0.5) is 5.69 Å². The number of ether oxygens (including phenoxy) is 1. The molecule has 1 heterocycles. The van der Waals surface area contributed by atoms with Gasteiger partial charge in [-0.2, -0.15) is 0 Å². The van der Waals surface area contributed by atoms with Gasteiger partial charge in [0.25, 0.3) is 5.91 Å². The minimum atomic E-state index is -1.17. The molecule has 2 aromatic rings. The lowest BCUT2D eigenvalue weighted by Gasteiger charge is -2.23. The smallest absolute Gasteiger partial charge is 0.308 e. The minimum absolute atomic E-state index is 0.0941. The van der Waals surface area contributed by atoms with Gasteiger partial charge >= 0.3 is 5.97 Å². The third kappa shape index (κ3) is 9.21. The summed E-state index contributed by atoms with van der Waals surface area (Å²) in [5.41, 5.74) is 0.448. The lowest BCUT2D eigenvalue weighted by Crippen LogP contribution is -2.42. The molecule has 0 fully saturated rings. The largest absolute Gasteiger partial charge is 0.508 e. The van der Waals surface area contributed by atoms with E-state index in [1.54, 1.807) is 39.0 Å². The summed E-state index contributed by atoms with van der Waals surface area (Å²) in [5.74, 6) is -1.49. The molecule has 2 atom stereocenters. The van der Waals surface area contributed by atoms with Crippen LogP contribution in [0, 0.1) is 0 Å². The van der Waals surface area contributed by atoms with Crippen LogP contribution in [0.5, 0.6) is 5.75 Å². The Morgan fingerprint density at radius 1 is 1.20 bits per heavy atom. The molecule has 0 saturated heterocycles. The van der Waals surface area contributed by atoms with Crippen LogP contribution in [0.3, 0.4) is 0 Å². The maximum atomic E-state index is 12.8. The van der Waals surface area contributed by atoms with Crippen molar-refractivity contribution in [2.75, 3.05) is 31.6 Å². The number of hydrogen-bond acceptors (Lipinski definition) is 10. The van der Waals surface area contributed by atoms with Gasteiger partial charge in [-0.15, -0.1) is 0 Å². The molecule has 2 aromatic carbocycles. The van der Waals surface area contributed by atoms with E-state index < -0.39 is 42.1 Å². The molecule has 13 heteroatoms. The number of carbonyl (C=O) groups is 3. The van der Waals surface area contributed by atoms with Crippen molar-refractivity contribution in [3.05, 3.63) is 57.6 Å². The highest BCUT2D eigenvalue weighted by Crippen LogP contribution is 2.29. The van der Waals surface area contributed by atoms with E-state index in [1.807, 2.05) is 0 Å². The Balaban J connectivity index is 1.70. The number of guanidine groups is 1. The lowest BCUT2D eigenvalue weighted by molar-refractivity contribution is -0.143. The zero-order chi connectivity index (χ0) is 29.4. The first-order valence-corrected chi connectivity index (χ1v) is 13.5. The van der Waals surface area contributed by atoms with Gasteiger partial charge in [-0.1, -0.05) is 22.0 Å². The number of hydrogen-bond donors (Lipinski definition) is 7. The molecule has 0 aromatic heterocycles. The first-order chi connectivity index (χ1) is 18.8. The number of carbonyl (C=O) groups excluding carboxylic acids is 3. The molecule has 0 bridgehead atoms. The van der Waals surface area contributed by atoms with Crippen molar-refractivity contribution in [3.8, 4) is 5.75 Å². The molecule has 7 N–H and O–H groups in total.